The third-order valence-corrected chi connectivity index (χ3v) is 13.9. The van der Waals surface area contributed by atoms with E-state index in [0.717, 1.165) is 57.7 Å². The Morgan fingerprint density at radius 2 is 0.580 bits per heavy atom. The molecule has 2 heterocycles. The van der Waals surface area contributed by atoms with Crippen LogP contribution < -0.4 is 9.80 Å². The molecule has 0 spiro atoms. The van der Waals surface area contributed by atoms with Gasteiger partial charge >= 0.3 is 0 Å². The second-order valence-electron chi connectivity index (χ2n) is 16.2. The van der Waals surface area contributed by atoms with Gasteiger partial charge in [-0.25, -0.2) is 4.39 Å². The minimum Gasteiger partial charge on any atom is -0.355 e. The molecule has 69 heavy (non-hydrogen) atoms. The van der Waals surface area contributed by atoms with Crippen molar-refractivity contribution in [2.24, 2.45) is 0 Å². The zero-order chi connectivity index (χ0) is 47.3. The number of fused-ring (bicyclic) bond motifs is 6. The molecule has 0 bridgehead atoms. The van der Waals surface area contributed by atoms with Crippen molar-refractivity contribution in [2.45, 2.75) is 0 Å². The van der Waals surface area contributed by atoms with E-state index in [1.165, 1.54) is 55.7 Å². The topological polar surface area (TPSA) is 27.2 Å². The molecule has 0 atom stereocenters. The number of rotatable bonds is 7. The van der Waals surface area contributed by atoms with E-state index >= 15 is 0 Å². The number of halogens is 5. The number of nitrogens with one attached hydrogen (secondary N) is 1. The first kappa shape index (κ1) is 46.0. The summed E-state index contributed by atoms with van der Waals surface area (Å²) in [6.45, 7) is 0. The van der Waals surface area contributed by atoms with Gasteiger partial charge in [-0.05, 0) is 170 Å². The molecule has 12 rings (SSSR count). The first-order valence-corrected chi connectivity index (χ1v) is 25.4. The highest BCUT2D eigenvalue weighted by atomic mass is 79.9. The van der Waals surface area contributed by atoms with Gasteiger partial charge in [-0.15, -0.1) is 0 Å². The molecule has 0 radical (unpaired) electrons. The van der Waals surface area contributed by atoms with Crippen LogP contribution in [0.15, 0.2) is 261 Å². The van der Waals surface area contributed by atoms with Crippen LogP contribution in [0.2, 0.25) is 0 Å². The van der Waals surface area contributed by atoms with E-state index in [4.69, 9.17) is 0 Å². The normalized spacial score (nSPS) is 11.0. The molecule has 336 valence electrons. The van der Waals surface area contributed by atoms with Crippen LogP contribution in [0.4, 0.5) is 38.5 Å². The third-order valence-electron chi connectivity index (χ3n) is 11.8. The van der Waals surface area contributed by atoms with E-state index in [9.17, 15) is 4.39 Å². The Morgan fingerprint density at radius 1 is 0.304 bits per heavy atom. The lowest BCUT2D eigenvalue weighted by atomic mass is 10.2. The summed E-state index contributed by atoms with van der Waals surface area (Å²) in [4.78, 5) is 7.73. The molecule has 0 aliphatic heterocycles. The van der Waals surface area contributed by atoms with Crippen LogP contribution in [0.1, 0.15) is 0 Å². The van der Waals surface area contributed by atoms with Crippen LogP contribution in [0, 0.1) is 5.82 Å². The van der Waals surface area contributed by atoms with Crippen molar-refractivity contribution in [1.82, 2.24) is 9.55 Å². The predicted octanol–water partition coefficient (Wildman–Crippen LogP) is 19.9. The average Bonchev–Trinajstić information content (AvgIpc) is 3.94. The van der Waals surface area contributed by atoms with Gasteiger partial charge in [0.25, 0.3) is 0 Å². The summed E-state index contributed by atoms with van der Waals surface area (Å²) in [5, 5.41) is 5.15. The predicted molar refractivity (Wildman–Crippen MR) is 303 cm³/mol. The number of para-hydroxylation sites is 4. The summed E-state index contributed by atoms with van der Waals surface area (Å²) < 4.78 is 19.7. The van der Waals surface area contributed by atoms with E-state index < -0.39 is 0 Å². The molecule has 0 amide bonds. The maximum Gasteiger partial charge on any atom is 0.123 e. The van der Waals surface area contributed by atoms with Gasteiger partial charge in [0.1, 0.15) is 5.82 Å². The van der Waals surface area contributed by atoms with Crippen LogP contribution in [0.25, 0.3) is 49.3 Å². The Balaban J connectivity index is 0.000000134. The van der Waals surface area contributed by atoms with E-state index in [1.807, 2.05) is 48.5 Å². The highest BCUT2D eigenvalue weighted by Gasteiger charge is 2.16. The van der Waals surface area contributed by atoms with E-state index in [1.54, 1.807) is 12.1 Å². The first-order chi connectivity index (χ1) is 33.8. The van der Waals surface area contributed by atoms with Gasteiger partial charge in [0.2, 0.25) is 0 Å². The Morgan fingerprint density at radius 3 is 0.928 bits per heavy atom. The van der Waals surface area contributed by atoms with Crippen LogP contribution >= 0.6 is 63.7 Å². The molecule has 2 aromatic heterocycles. The summed E-state index contributed by atoms with van der Waals surface area (Å²) in [6, 6.07) is 82.2. The molecule has 0 saturated heterocycles. The van der Waals surface area contributed by atoms with Crippen molar-refractivity contribution in [3.63, 3.8) is 0 Å². The first-order valence-electron chi connectivity index (χ1n) is 22.2. The molecule has 12 aromatic rings. The number of hydrogen-bond donors (Lipinski definition) is 1. The van der Waals surface area contributed by atoms with E-state index in [0.29, 0.717) is 0 Å². The number of aromatic nitrogens is 2. The van der Waals surface area contributed by atoms with Crippen molar-refractivity contribution in [3.05, 3.63) is 266 Å². The van der Waals surface area contributed by atoms with Crippen molar-refractivity contribution in [3.8, 4) is 5.69 Å². The fourth-order valence-electron chi connectivity index (χ4n) is 8.60. The van der Waals surface area contributed by atoms with Gasteiger partial charge in [-0.2, -0.15) is 0 Å². The molecule has 0 fully saturated rings. The van der Waals surface area contributed by atoms with Crippen molar-refractivity contribution >= 4 is 141 Å². The van der Waals surface area contributed by atoms with Gasteiger partial charge in [0.15, 0.2) is 0 Å². The lowest BCUT2D eigenvalue weighted by Gasteiger charge is -2.26. The largest absolute Gasteiger partial charge is 0.355 e. The molecule has 10 aromatic carbocycles. The Bertz CT molecular complexity index is 3390. The summed E-state index contributed by atoms with van der Waals surface area (Å²) in [7, 11) is 0. The lowest BCUT2D eigenvalue weighted by Crippen LogP contribution is -2.10. The van der Waals surface area contributed by atoms with Gasteiger partial charge in [0.05, 0.1) is 11.0 Å². The maximum atomic E-state index is 13.2. The quantitative estimate of drug-likeness (QED) is 0.172. The van der Waals surface area contributed by atoms with Gasteiger partial charge < -0.3 is 19.4 Å². The SMILES string of the molecule is Brc1ccc(N(c2ccc(Br)cc2)c2ccc(-n3c4ccccc4c4ccccc43)cc2)cc1.Fc1ccc(N(c2ccc(Br)cc2)c2ccc(Br)cc2)cc1.c1ccc2c(c1)[nH]c1ccccc12. The van der Waals surface area contributed by atoms with Crippen LogP contribution in [-0.2, 0) is 0 Å². The highest BCUT2D eigenvalue weighted by Crippen LogP contribution is 2.39. The fraction of sp³-hybridized carbons (Fsp3) is 0. The van der Waals surface area contributed by atoms with E-state index in [2.05, 4.69) is 253 Å². The van der Waals surface area contributed by atoms with Gasteiger partial charge in [0, 0.05) is 90.3 Å². The van der Waals surface area contributed by atoms with Crippen molar-refractivity contribution in [2.75, 3.05) is 9.80 Å². The zero-order valence-electron chi connectivity index (χ0n) is 36.8. The molecule has 9 heteroatoms. The number of hydrogen-bond acceptors (Lipinski definition) is 2. The standard InChI is InChI=1S/C30H20Br2N2.C18H12Br2FN.C12H9N/c31-21-9-13-23(14-10-21)33(24-15-11-22(32)12-16-24)25-17-19-26(20-18-25)34-29-7-3-1-5-27(29)28-6-2-4-8-30(28)34;19-13-1-7-16(8-2-13)22(17-9-3-14(20)4-10-17)18-11-5-15(21)6-12-18;1-3-7-11-9(5-1)10-6-2-4-8-12(10)13-11/h1-20H;1-12H;1-8,13H. The Hall–Kier alpha value is -6.75. The summed E-state index contributed by atoms with van der Waals surface area (Å²) >= 11 is 14.0. The number of H-pyrrole nitrogens is 1. The molecule has 0 aliphatic rings. The fourth-order valence-corrected chi connectivity index (χ4v) is 9.65. The summed E-state index contributed by atoms with van der Waals surface area (Å²) in [5.74, 6) is -0.240. The second-order valence-corrected chi connectivity index (χ2v) is 19.8. The highest BCUT2D eigenvalue weighted by molar-refractivity contribution is 9.11. The monoisotopic (exact) mass is 1150 g/mol. The van der Waals surface area contributed by atoms with Crippen LogP contribution in [-0.4, -0.2) is 9.55 Å². The molecular weight excluding hydrogens is 1120 g/mol. The molecule has 4 nitrogen and oxygen atoms in total. The lowest BCUT2D eigenvalue weighted by molar-refractivity contribution is 0.628. The van der Waals surface area contributed by atoms with Gasteiger partial charge in [-0.3, -0.25) is 0 Å². The molecule has 0 aliphatic carbocycles. The number of anilines is 6. The van der Waals surface area contributed by atoms with E-state index in [-0.39, 0.29) is 5.82 Å². The van der Waals surface area contributed by atoms with Crippen molar-refractivity contribution < 1.29 is 4.39 Å². The molecule has 1 N–H and O–H groups in total. The molecular formula is C60H41Br4FN4. The minimum atomic E-state index is -0.240. The number of nitrogens with zero attached hydrogens (tertiary/aromatic N) is 3. The average molecular weight is 1160 g/mol. The molecule has 0 unspecified atom stereocenters. The summed E-state index contributed by atoms with van der Waals surface area (Å²) in [5.41, 5.74) is 12.3. The summed E-state index contributed by atoms with van der Waals surface area (Å²) in [6.07, 6.45) is 0. The van der Waals surface area contributed by atoms with Gasteiger partial charge in [-0.1, -0.05) is 137 Å². The van der Waals surface area contributed by atoms with Crippen LogP contribution in [0.5, 0.6) is 0 Å². The smallest absolute Gasteiger partial charge is 0.123 e. The Kier molecular flexibility index (Phi) is 13.9. The number of aromatic amines is 1. The van der Waals surface area contributed by atoms with Crippen LogP contribution in [0.3, 0.4) is 0 Å². The Labute approximate surface area is 433 Å². The third kappa shape index (κ3) is 10.2. The zero-order valence-corrected chi connectivity index (χ0v) is 43.2. The van der Waals surface area contributed by atoms with Crippen molar-refractivity contribution in [1.29, 1.82) is 0 Å². The minimum absolute atomic E-state index is 0.240. The number of benzene rings is 10. The maximum absolute atomic E-state index is 13.2. The second kappa shape index (κ2) is 20.9. The molecule has 0 saturated carbocycles.